The summed E-state index contributed by atoms with van der Waals surface area (Å²) in [4.78, 5) is 39.8. The highest BCUT2D eigenvalue weighted by atomic mass is 16.5. The van der Waals surface area contributed by atoms with Gasteiger partial charge in [-0.2, -0.15) is 0 Å². The van der Waals surface area contributed by atoms with Crippen molar-refractivity contribution in [3.8, 4) is 5.75 Å². The van der Waals surface area contributed by atoms with Crippen LogP contribution < -0.4 is 10.1 Å². The molecule has 0 spiro atoms. The van der Waals surface area contributed by atoms with Crippen LogP contribution in [0.2, 0.25) is 0 Å². The third kappa shape index (κ3) is 5.09. The molecule has 0 heterocycles. The summed E-state index contributed by atoms with van der Waals surface area (Å²) in [6, 6.07) is 17.4. The maximum atomic E-state index is 13.4. The molecule has 1 amide bonds. The van der Waals surface area contributed by atoms with Gasteiger partial charge in [-0.05, 0) is 42.7 Å². The van der Waals surface area contributed by atoms with Gasteiger partial charge >= 0.3 is 0 Å². The number of aryl methyl sites for hydroxylation is 1. The van der Waals surface area contributed by atoms with Crippen molar-refractivity contribution in [1.29, 1.82) is 0 Å². The number of benzene rings is 3. The van der Waals surface area contributed by atoms with Crippen LogP contribution in [-0.2, 0) is 6.42 Å². The van der Waals surface area contributed by atoms with E-state index in [1.165, 1.54) is 24.8 Å². The molecule has 5 heteroatoms. The number of nitrogens with one attached hydrogen (secondary N) is 1. The van der Waals surface area contributed by atoms with Gasteiger partial charge in [0, 0.05) is 16.7 Å². The lowest BCUT2D eigenvalue weighted by Crippen LogP contribution is -2.25. The molecule has 0 atom stereocenters. The molecule has 0 saturated carbocycles. The Morgan fingerprint density at radius 1 is 0.886 bits per heavy atom. The SMILES string of the molecule is C=CCOc1ccc(NC(=O)c2ccc(CCCCCC)cc2)c2c1C(=O)c1ccccc1C2=O. The number of rotatable bonds is 10. The van der Waals surface area contributed by atoms with Gasteiger partial charge in [0.1, 0.15) is 12.4 Å². The minimum atomic E-state index is -0.344. The maximum Gasteiger partial charge on any atom is 0.255 e. The van der Waals surface area contributed by atoms with Crippen molar-refractivity contribution >= 4 is 23.2 Å². The Morgan fingerprint density at radius 2 is 1.57 bits per heavy atom. The summed E-state index contributed by atoms with van der Waals surface area (Å²) in [6.07, 6.45) is 7.31. The zero-order valence-electron chi connectivity index (χ0n) is 19.9. The standard InChI is InChI=1S/C30H29NO4/c1-3-5-6-7-10-20-13-15-21(16-14-20)30(34)31-24-17-18-25(35-19-4-2)27-26(24)28(32)22-11-8-9-12-23(22)29(27)33/h4,8-9,11-18H,2-3,5-7,10,19H2,1H3,(H,31,34). The van der Waals surface area contributed by atoms with Crippen LogP contribution in [0.4, 0.5) is 5.69 Å². The number of anilines is 1. The topological polar surface area (TPSA) is 72.5 Å². The van der Waals surface area contributed by atoms with Gasteiger partial charge in [0.05, 0.1) is 16.8 Å². The van der Waals surface area contributed by atoms with Crippen LogP contribution in [0.3, 0.4) is 0 Å². The molecule has 0 unspecified atom stereocenters. The molecule has 3 aromatic carbocycles. The smallest absolute Gasteiger partial charge is 0.255 e. The van der Waals surface area contributed by atoms with E-state index in [2.05, 4.69) is 18.8 Å². The number of carbonyl (C=O) groups excluding carboxylic acids is 3. The summed E-state index contributed by atoms with van der Waals surface area (Å²) in [5, 5.41) is 2.84. The van der Waals surface area contributed by atoms with Crippen molar-refractivity contribution in [3.05, 3.63) is 107 Å². The largest absolute Gasteiger partial charge is 0.489 e. The summed E-state index contributed by atoms with van der Waals surface area (Å²) in [5.41, 5.74) is 2.91. The van der Waals surface area contributed by atoms with Crippen LogP contribution in [0.5, 0.6) is 5.75 Å². The van der Waals surface area contributed by atoms with Crippen LogP contribution in [-0.4, -0.2) is 24.1 Å². The Balaban J connectivity index is 1.62. The van der Waals surface area contributed by atoms with Gasteiger partial charge in [0.15, 0.2) is 11.6 Å². The average molecular weight is 468 g/mol. The van der Waals surface area contributed by atoms with Crippen LogP contribution >= 0.6 is 0 Å². The highest BCUT2D eigenvalue weighted by Crippen LogP contribution is 2.37. The normalized spacial score (nSPS) is 12.0. The number of hydrogen-bond acceptors (Lipinski definition) is 4. The van der Waals surface area contributed by atoms with Gasteiger partial charge in [0.25, 0.3) is 5.91 Å². The molecular formula is C30H29NO4. The maximum absolute atomic E-state index is 13.4. The number of unbranched alkanes of at least 4 members (excludes halogenated alkanes) is 3. The molecule has 0 aromatic heterocycles. The van der Waals surface area contributed by atoms with Crippen LogP contribution in [0.1, 0.15) is 80.4 Å². The first-order chi connectivity index (χ1) is 17.0. The number of ether oxygens (including phenoxy) is 1. The Kier molecular flexibility index (Phi) is 7.56. The molecular weight excluding hydrogens is 438 g/mol. The summed E-state index contributed by atoms with van der Waals surface area (Å²) < 4.78 is 5.69. The Hall–Kier alpha value is -3.99. The highest BCUT2D eigenvalue weighted by Gasteiger charge is 2.34. The summed E-state index contributed by atoms with van der Waals surface area (Å²) in [7, 11) is 0. The molecule has 3 aromatic rings. The molecule has 1 N–H and O–H groups in total. The first kappa shape index (κ1) is 24.1. The fraction of sp³-hybridized carbons (Fsp3) is 0.233. The van der Waals surface area contributed by atoms with E-state index in [0.29, 0.717) is 16.7 Å². The molecule has 4 rings (SSSR count). The average Bonchev–Trinajstić information content (AvgIpc) is 2.89. The van der Waals surface area contributed by atoms with Crippen molar-refractivity contribution < 1.29 is 19.1 Å². The van der Waals surface area contributed by atoms with Crippen molar-refractivity contribution in [1.82, 2.24) is 0 Å². The molecule has 178 valence electrons. The minimum Gasteiger partial charge on any atom is -0.489 e. The zero-order chi connectivity index (χ0) is 24.8. The third-order valence-corrected chi connectivity index (χ3v) is 6.18. The molecule has 0 radical (unpaired) electrons. The molecule has 35 heavy (non-hydrogen) atoms. The monoisotopic (exact) mass is 467 g/mol. The Bertz CT molecular complexity index is 1270. The van der Waals surface area contributed by atoms with Crippen molar-refractivity contribution in [3.63, 3.8) is 0 Å². The summed E-state index contributed by atoms with van der Waals surface area (Å²) >= 11 is 0. The van der Waals surface area contributed by atoms with E-state index in [1.54, 1.807) is 54.6 Å². The fourth-order valence-corrected chi connectivity index (χ4v) is 4.34. The molecule has 0 saturated heterocycles. The molecule has 5 nitrogen and oxygen atoms in total. The predicted molar refractivity (Wildman–Crippen MR) is 138 cm³/mol. The predicted octanol–water partition coefficient (Wildman–Crippen LogP) is 6.40. The second-order valence-electron chi connectivity index (χ2n) is 8.63. The number of ketones is 2. The molecule has 1 aliphatic rings. The fourth-order valence-electron chi connectivity index (χ4n) is 4.34. The van der Waals surface area contributed by atoms with Crippen LogP contribution in [0.15, 0.2) is 73.3 Å². The lowest BCUT2D eigenvalue weighted by molar-refractivity contribution is 0.0975. The van der Waals surface area contributed by atoms with E-state index in [0.717, 1.165) is 12.8 Å². The van der Waals surface area contributed by atoms with Gasteiger partial charge < -0.3 is 10.1 Å². The van der Waals surface area contributed by atoms with E-state index in [-0.39, 0.29) is 46.6 Å². The molecule has 0 bridgehead atoms. The Labute approximate surface area is 205 Å². The second-order valence-corrected chi connectivity index (χ2v) is 8.63. The van der Waals surface area contributed by atoms with Gasteiger partial charge in [-0.25, -0.2) is 0 Å². The Morgan fingerprint density at radius 3 is 2.23 bits per heavy atom. The van der Waals surface area contributed by atoms with E-state index >= 15 is 0 Å². The van der Waals surface area contributed by atoms with Crippen molar-refractivity contribution in [2.45, 2.75) is 39.0 Å². The highest BCUT2D eigenvalue weighted by molar-refractivity contribution is 6.31. The first-order valence-corrected chi connectivity index (χ1v) is 12.0. The number of amides is 1. The lowest BCUT2D eigenvalue weighted by Gasteiger charge is -2.23. The van der Waals surface area contributed by atoms with Crippen LogP contribution in [0, 0.1) is 0 Å². The van der Waals surface area contributed by atoms with Crippen molar-refractivity contribution in [2.24, 2.45) is 0 Å². The molecule has 0 fully saturated rings. The lowest BCUT2D eigenvalue weighted by atomic mass is 9.82. The van der Waals surface area contributed by atoms with Crippen molar-refractivity contribution in [2.75, 3.05) is 11.9 Å². The van der Waals surface area contributed by atoms with Gasteiger partial charge in [-0.1, -0.05) is 75.2 Å². The molecule has 1 aliphatic carbocycles. The van der Waals surface area contributed by atoms with E-state index < -0.39 is 0 Å². The van der Waals surface area contributed by atoms with Gasteiger partial charge in [0.2, 0.25) is 0 Å². The van der Waals surface area contributed by atoms with E-state index in [1.807, 2.05) is 12.1 Å². The number of fused-ring (bicyclic) bond motifs is 2. The van der Waals surface area contributed by atoms with Gasteiger partial charge in [-0.3, -0.25) is 14.4 Å². The zero-order valence-corrected chi connectivity index (χ0v) is 19.9. The summed E-state index contributed by atoms with van der Waals surface area (Å²) in [6.45, 7) is 6.02. The summed E-state index contributed by atoms with van der Waals surface area (Å²) in [5.74, 6) is -0.684. The quantitative estimate of drug-likeness (QED) is 0.216. The first-order valence-electron chi connectivity index (χ1n) is 12.0. The number of carbonyl (C=O) groups is 3. The second kappa shape index (κ2) is 11.0. The number of hydrogen-bond donors (Lipinski definition) is 1. The van der Waals surface area contributed by atoms with Gasteiger partial charge in [-0.15, -0.1) is 0 Å². The third-order valence-electron chi connectivity index (χ3n) is 6.18. The minimum absolute atomic E-state index is 0.149. The van der Waals surface area contributed by atoms with E-state index in [4.69, 9.17) is 4.74 Å². The molecule has 0 aliphatic heterocycles. The van der Waals surface area contributed by atoms with Crippen LogP contribution in [0.25, 0.3) is 0 Å². The van der Waals surface area contributed by atoms with E-state index in [9.17, 15) is 14.4 Å².